The molecule has 0 spiro atoms. The largest absolute Gasteiger partial charge is 0.318 e. The topological polar surface area (TPSA) is 54.9 Å². The van der Waals surface area contributed by atoms with E-state index in [0.29, 0.717) is 0 Å². The number of benzene rings is 1. The average Bonchev–Trinajstić information content (AvgIpc) is 2.37. The molecule has 0 bridgehead atoms. The summed E-state index contributed by atoms with van der Waals surface area (Å²) in [6.07, 6.45) is 0. The number of para-hydroxylation sites is 1. The van der Waals surface area contributed by atoms with Gasteiger partial charge >= 0.3 is 0 Å². The van der Waals surface area contributed by atoms with Gasteiger partial charge in [-0.3, -0.25) is 4.79 Å². The van der Waals surface area contributed by atoms with Crippen LogP contribution < -0.4 is 5.32 Å². The monoisotopic (exact) mass is 319 g/mol. The normalized spacial score (nSPS) is 10.3. The molecule has 2 aromatic rings. The van der Waals surface area contributed by atoms with Gasteiger partial charge in [-0.1, -0.05) is 40.9 Å². The van der Waals surface area contributed by atoms with E-state index in [1.54, 1.807) is 0 Å². The molecule has 1 N–H and O–H groups in total. The van der Waals surface area contributed by atoms with Crippen molar-refractivity contribution in [2.75, 3.05) is 5.32 Å². The van der Waals surface area contributed by atoms with Crippen LogP contribution in [0.5, 0.6) is 0 Å². The molecule has 19 heavy (non-hydrogen) atoms. The van der Waals surface area contributed by atoms with E-state index in [4.69, 9.17) is 34.8 Å². The zero-order chi connectivity index (χ0) is 14.0. The molecule has 98 valence electrons. The van der Waals surface area contributed by atoms with Crippen LogP contribution in [0.3, 0.4) is 0 Å². The van der Waals surface area contributed by atoms with Crippen LogP contribution in [-0.2, 0) is 0 Å². The Morgan fingerprint density at radius 3 is 2.63 bits per heavy atom. The van der Waals surface area contributed by atoms with Gasteiger partial charge in [-0.05, 0) is 18.2 Å². The highest BCUT2D eigenvalue weighted by Gasteiger charge is 2.16. The number of halogens is 4. The van der Waals surface area contributed by atoms with Crippen LogP contribution in [0.25, 0.3) is 0 Å². The first-order valence-electron chi connectivity index (χ1n) is 4.93. The summed E-state index contributed by atoms with van der Waals surface area (Å²) < 4.78 is 13.5. The van der Waals surface area contributed by atoms with Crippen LogP contribution in [0.15, 0.2) is 24.3 Å². The Morgan fingerprint density at radius 2 is 1.95 bits per heavy atom. The predicted molar refractivity (Wildman–Crippen MR) is 71.4 cm³/mol. The number of anilines is 1. The van der Waals surface area contributed by atoms with Gasteiger partial charge < -0.3 is 5.32 Å². The molecule has 0 fully saturated rings. The molecule has 0 aliphatic carbocycles. The molecule has 1 aromatic heterocycles. The Bertz CT molecular complexity index is 631. The Hall–Kier alpha value is -1.43. The van der Waals surface area contributed by atoms with Crippen LogP contribution in [-0.4, -0.2) is 16.1 Å². The van der Waals surface area contributed by atoms with Gasteiger partial charge in [0, 0.05) is 0 Å². The summed E-state index contributed by atoms with van der Waals surface area (Å²) >= 11 is 17.1. The van der Waals surface area contributed by atoms with E-state index < -0.39 is 11.7 Å². The third-order valence-corrected chi connectivity index (χ3v) is 2.94. The van der Waals surface area contributed by atoms with Crippen molar-refractivity contribution in [1.82, 2.24) is 10.2 Å². The summed E-state index contributed by atoms with van der Waals surface area (Å²) in [5, 5.41) is 9.17. The quantitative estimate of drug-likeness (QED) is 0.915. The van der Waals surface area contributed by atoms with Crippen molar-refractivity contribution in [3.8, 4) is 0 Å². The molecule has 1 aromatic carbocycles. The molecule has 1 heterocycles. The summed E-state index contributed by atoms with van der Waals surface area (Å²) in [7, 11) is 0. The van der Waals surface area contributed by atoms with E-state index in [9.17, 15) is 9.18 Å². The maximum atomic E-state index is 13.5. The van der Waals surface area contributed by atoms with Gasteiger partial charge in [0.1, 0.15) is 5.82 Å². The molecular formula is C11H5Cl3FN3O. The first-order chi connectivity index (χ1) is 8.99. The molecule has 4 nitrogen and oxygen atoms in total. The Balaban J connectivity index is 2.34. The van der Waals surface area contributed by atoms with Gasteiger partial charge in [0.25, 0.3) is 5.91 Å². The molecule has 0 unspecified atom stereocenters. The molecule has 0 atom stereocenters. The van der Waals surface area contributed by atoms with Crippen molar-refractivity contribution in [2.24, 2.45) is 0 Å². The number of aromatic nitrogens is 2. The van der Waals surface area contributed by atoms with Gasteiger partial charge in [0.15, 0.2) is 10.3 Å². The molecule has 0 aliphatic heterocycles. The number of hydrogen-bond donors (Lipinski definition) is 1. The van der Waals surface area contributed by atoms with Crippen LogP contribution in [0.1, 0.15) is 10.4 Å². The van der Waals surface area contributed by atoms with Crippen molar-refractivity contribution in [3.05, 3.63) is 51.0 Å². The second-order valence-electron chi connectivity index (χ2n) is 3.42. The van der Waals surface area contributed by atoms with Gasteiger partial charge in [-0.15, -0.1) is 10.2 Å². The lowest BCUT2D eigenvalue weighted by molar-refractivity contribution is 0.102. The number of carbonyl (C=O) groups excluding carboxylic acids is 1. The second-order valence-corrected chi connectivity index (χ2v) is 4.57. The zero-order valence-electron chi connectivity index (χ0n) is 9.12. The van der Waals surface area contributed by atoms with Crippen molar-refractivity contribution < 1.29 is 9.18 Å². The predicted octanol–water partition coefficient (Wildman–Crippen LogP) is 3.83. The minimum absolute atomic E-state index is 0.00539. The molecule has 2 rings (SSSR count). The first-order valence-corrected chi connectivity index (χ1v) is 6.06. The van der Waals surface area contributed by atoms with Gasteiger partial charge in [-0.2, -0.15) is 0 Å². The lowest BCUT2D eigenvalue weighted by Crippen LogP contribution is -2.15. The minimum Gasteiger partial charge on any atom is -0.318 e. The second kappa shape index (κ2) is 5.69. The maximum Gasteiger partial charge on any atom is 0.259 e. The van der Waals surface area contributed by atoms with Gasteiger partial charge in [-0.25, -0.2) is 4.39 Å². The molecule has 0 aliphatic rings. The third kappa shape index (κ3) is 3.12. The summed E-state index contributed by atoms with van der Waals surface area (Å²) in [6, 6.07) is 5.26. The highest BCUT2D eigenvalue weighted by molar-refractivity contribution is 6.36. The number of carbonyl (C=O) groups is 1. The number of nitrogens with zero attached hydrogens (tertiary/aromatic N) is 2. The zero-order valence-corrected chi connectivity index (χ0v) is 11.4. The van der Waals surface area contributed by atoms with Gasteiger partial charge in [0.05, 0.1) is 16.3 Å². The third-order valence-electron chi connectivity index (χ3n) is 2.16. The van der Waals surface area contributed by atoms with Crippen molar-refractivity contribution in [1.29, 1.82) is 0 Å². The number of rotatable bonds is 2. The molecule has 0 saturated heterocycles. The fourth-order valence-electron chi connectivity index (χ4n) is 1.31. The van der Waals surface area contributed by atoms with Crippen LogP contribution in [0.2, 0.25) is 15.3 Å². The van der Waals surface area contributed by atoms with E-state index in [0.717, 1.165) is 0 Å². The van der Waals surface area contributed by atoms with Crippen LogP contribution >= 0.6 is 34.8 Å². The first kappa shape index (κ1) is 14.0. The molecule has 0 saturated carbocycles. The number of hydrogen-bond acceptors (Lipinski definition) is 3. The Kier molecular flexibility index (Phi) is 4.19. The lowest BCUT2D eigenvalue weighted by atomic mass is 10.2. The van der Waals surface area contributed by atoms with E-state index in [1.165, 1.54) is 24.3 Å². The van der Waals surface area contributed by atoms with E-state index in [1.807, 2.05) is 0 Å². The fourth-order valence-corrected chi connectivity index (χ4v) is 1.85. The highest BCUT2D eigenvalue weighted by atomic mass is 35.5. The molecule has 1 amide bonds. The van der Waals surface area contributed by atoms with Crippen molar-refractivity contribution >= 4 is 46.4 Å². The van der Waals surface area contributed by atoms with Crippen LogP contribution in [0, 0.1) is 5.82 Å². The van der Waals surface area contributed by atoms with Crippen LogP contribution in [0.4, 0.5) is 10.1 Å². The van der Waals surface area contributed by atoms with Crippen molar-refractivity contribution in [3.63, 3.8) is 0 Å². The fraction of sp³-hybridized carbons (Fsp3) is 0. The Labute approximate surface area is 122 Å². The smallest absolute Gasteiger partial charge is 0.259 e. The average molecular weight is 321 g/mol. The van der Waals surface area contributed by atoms with Gasteiger partial charge in [0.2, 0.25) is 0 Å². The Morgan fingerprint density at radius 1 is 1.21 bits per heavy atom. The van der Waals surface area contributed by atoms with Crippen molar-refractivity contribution in [2.45, 2.75) is 0 Å². The van der Waals surface area contributed by atoms with E-state index in [2.05, 4.69) is 15.5 Å². The molecular weight excluding hydrogens is 315 g/mol. The standard InChI is InChI=1S/C11H5Cl3FN3O/c12-6-2-1-3-7(15)9(6)16-11(19)5-4-8(13)17-18-10(5)14/h1-4H,(H,16,19). The lowest BCUT2D eigenvalue weighted by Gasteiger charge is -2.08. The summed E-state index contributed by atoms with van der Waals surface area (Å²) in [4.78, 5) is 11.9. The molecule has 0 radical (unpaired) electrons. The summed E-state index contributed by atoms with van der Waals surface area (Å²) in [5.74, 6) is -1.35. The summed E-state index contributed by atoms with van der Waals surface area (Å²) in [5.41, 5.74) is -0.167. The maximum absolute atomic E-state index is 13.5. The minimum atomic E-state index is -0.686. The SMILES string of the molecule is O=C(Nc1c(F)cccc1Cl)c1cc(Cl)nnc1Cl. The number of amides is 1. The van der Waals surface area contributed by atoms with E-state index >= 15 is 0 Å². The van der Waals surface area contributed by atoms with E-state index in [-0.39, 0.29) is 26.6 Å². The number of nitrogens with one attached hydrogen (secondary N) is 1. The summed E-state index contributed by atoms with van der Waals surface area (Å²) in [6.45, 7) is 0. The highest BCUT2D eigenvalue weighted by Crippen LogP contribution is 2.26. The molecule has 8 heteroatoms.